The van der Waals surface area contributed by atoms with E-state index >= 15 is 0 Å². The number of nitrogens with zero attached hydrogens (tertiary/aromatic N) is 2. The Bertz CT molecular complexity index is 609. The average Bonchev–Trinajstić information content (AvgIpc) is 2.41. The van der Waals surface area contributed by atoms with E-state index in [2.05, 4.69) is 9.97 Å². The zero-order valence-electron chi connectivity index (χ0n) is 11.3. The van der Waals surface area contributed by atoms with E-state index in [1.807, 2.05) is 45.0 Å². The Kier molecular flexibility index (Phi) is 3.95. The highest BCUT2D eigenvalue weighted by molar-refractivity contribution is 7.85. The van der Waals surface area contributed by atoms with Crippen molar-refractivity contribution in [2.24, 2.45) is 0 Å². The predicted octanol–water partition coefficient (Wildman–Crippen LogP) is 2.55. The fourth-order valence-electron chi connectivity index (χ4n) is 1.66. The van der Waals surface area contributed by atoms with E-state index < -0.39 is 10.8 Å². The van der Waals surface area contributed by atoms with Gasteiger partial charge >= 0.3 is 0 Å². The highest BCUT2D eigenvalue weighted by Gasteiger charge is 2.09. The number of aromatic nitrogens is 2. The van der Waals surface area contributed by atoms with Crippen molar-refractivity contribution in [3.63, 3.8) is 0 Å². The molecule has 0 fully saturated rings. The van der Waals surface area contributed by atoms with Gasteiger partial charge in [-0.25, -0.2) is 9.97 Å². The summed E-state index contributed by atoms with van der Waals surface area (Å²) < 4.78 is 12.0. The molecular formula is C14H17N3OS. The Morgan fingerprint density at radius 3 is 2.37 bits per heavy atom. The first-order chi connectivity index (χ1) is 8.99. The van der Waals surface area contributed by atoms with Crippen LogP contribution in [0.3, 0.4) is 0 Å². The molecule has 100 valence electrons. The smallest absolute Gasteiger partial charge is 0.144 e. The van der Waals surface area contributed by atoms with Crippen LogP contribution in [-0.2, 0) is 10.8 Å². The minimum atomic E-state index is -0.964. The Balaban J connectivity index is 2.32. The molecule has 0 saturated heterocycles. The third kappa shape index (κ3) is 2.98. The zero-order chi connectivity index (χ0) is 14.0. The van der Waals surface area contributed by atoms with Gasteiger partial charge in [-0.3, -0.25) is 4.21 Å². The summed E-state index contributed by atoms with van der Waals surface area (Å²) in [6.07, 6.45) is 1.65. The standard InChI is InChI=1S/C14H17N3OS/c1-9(2)19(18)12-6-4-11(5-7-12)13-8-16-14(15)10(3)17-13/h4-9H,1-3H3,(H2,15,16). The summed E-state index contributed by atoms with van der Waals surface area (Å²) in [7, 11) is -0.964. The molecule has 0 amide bonds. The van der Waals surface area contributed by atoms with Crippen molar-refractivity contribution in [2.75, 3.05) is 5.73 Å². The first kappa shape index (κ1) is 13.7. The van der Waals surface area contributed by atoms with Gasteiger partial charge in [-0.05, 0) is 19.1 Å². The fraction of sp³-hybridized carbons (Fsp3) is 0.286. The van der Waals surface area contributed by atoms with Gasteiger partial charge in [0.1, 0.15) is 5.82 Å². The molecular weight excluding hydrogens is 258 g/mol. The molecule has 0 aliphatic rings. The summed E-state index contributed by atoms with van der Waals surface area (Å²) in [6.45, 7) is 5.71. The van der Waals surface area contributed by atoms with Gasteiger partial charge in [-0.15, -0.1) is 0 Å². The molecule has 1 heterocycles. The number of hydrogen-bond donors (Lipinski definition) is 1. The Labute approximate surface area is 115 Å². The lowest BCUT2D eigenvalue weighted by atomic mass is 10.1. The van der Waals surface area contributed by atoms with E-state index in [-0.39, 0.29) is 5.25 Å². The summed E-state index contributed by atoms with van der Waals surface area (Å²) >= 11 is 0. The van der Waals surface area contributed by atoms with Crippen LogP contribution in [0.5, 0.6) is 0 Å². The molecule has 2 rings (SSSR count). The molecule has 0 saturated carbocycles. The molecule has 5 heteroatoms. The van der Waals surface area contributed by atoms with Gasteiger partial charge in [0.15, 0.2) is 0 Å². The highest BCUT2D eigenvalue weighted by Crippen LogP contribution is 2.20. The summed E-state index contributed by atoms with van der Waals surface area (Å²) in [4.78, 5) is 9.32. The van der Waals surface area contributed by atoms with Crippen molar-refractivity contribution in [2.45, 2.75) is 30.9 Å². The minimum Gasteiger partial charge on any atom is -0.382 e. The number of anilines is 1. The predicted molar refractivity (Wildman–Crippen MR) is 78.2 cm³/mol. The second-order valence-corrected chi connectivity index (χ2v) is 6.61. The monoisotopic (exact) mass is 275 g/mol. The number of nitrogens with two attached hydrogens (primary N) is 1. The van der Waals surface area contributed by atoms with Gasteiger partial charge in [-0.1, -0.05) is 26.0 Å². The maximum absolute atomic E-state index is 12.0. The van der Waals surface area contributed by atoms with Gasteiger partial charge in [0.25, 0.3) is 0 Å². The fourth-order valence-corrected chi connectivity index (χ4v) is 2.61. The highest BCUT2D eigenvalue weighted by atomic mass is 32.2. The molecule has 1 aromatic carbocycles. The van der Waals surface area contributed by atoms with Crippen LogP contribution in [0.15, 0.2) is 35.4 Å². The minimum absolute atomic E-state index is 0.115. The van der Waals surface area contributed by atoms with Gasteiger partial charge in [-0.2, -0.15) is 0 Å². The summed E-state index contributed by atoms with van der Waals surface area (Å²) in [5, 5.41) is 0.115. The summed E-state index contributed by atoms with van der Waals surface area (Å²) in [5.41, 5.74) is 8.08. The van der Waals surface area contributed by atoms with Crippen LogP contribution in [0.25, 0.3) is 11.3 Å². The van der Waals surface area contributed by atoms with Crippen LogP contribution >= 0.6 is 0 Å². The number of hydrogen-bond acceptors (Lipinski definition) is 4. The number of nitrogen functional groups attached to an aromatic ring is 1. The topological polar surface area (TPSA) is 68.9 Å². The molecule has 1 atom stereocenters. The van der Waals surface area contributed by atoms with Crippen molar-refractivity contribution in [3.05, 3.63) is 36.2 Å². The van der Waals surface area contributed by atoms with Crippen LogP contribution in [0.2, 0.25) is 0 Å². The van der Waals surface area contributed by atoms with E-state index in [1.165, 1.54) is 0 Å². The van der Waals surface area contributed by atoms with Crippen molar-refractivity contribution in [1.29, 1.82) is 0 Å². The normalized spacial score (nSPS) is 12.6. The lowest BCUT2D eigenvalue weighted by Crippen LogP contribution is -2.05. The second-order valence-electron chi connectivity index (χ2n) is 4.60. The van der Waals surface area contributed by atoms with Crippen molar-refractivity contribution < 1.29 is 4.21 Å². The number of benzene rings is 1. The average molecular weight is 275 g/mol. The van der Waals surface area contributed by atoms with E-state index in [0.717, 1.165) is 16.2 Å². The van der Waals surface area contributed by atoms with E-state index in [1.54, 1.807) is 6.20 Å². The largest absolute Gasteiger partial charge is 0.382 e. The zero-order valence-corrected chi connectivity index (χ0v) is 12.1. The van der Waals surface area contributed by atoms with Gasteiger partial charge < -0.3 is 5.73 Å². The number of rotatable bonds is 3. The lowest BCUT2D eigenvalue weighted by molar-refractivity contribution is 0.677. The first-order valence-corrected chi connectivity index (χ1v) is 7.30. The van der Waals surface area contributed by atoms with Crippen molar-refractivity contribution in [1.82, 2.24) is 9.97 Å². The van der Waals surface area contributed by atoms with E-state index in [4.69, 9.17) is 5.73 Å². The molecule has 0 bridgehead atoms. The second kappa shape index (κ2) is 5.48. The molecule has 1 unspecified atom stereocenters. The molecule has 0 radical (unpaired) electrons. The maximum atomic E-state index is 12.0. The van der Waals surface area contributed by atoms with Gasteiger partial charge in [0.05, 0.1) is 28.4 Å². The molecule has 19 heavy (non-hydrogen) atoms. The Morgan fingerprint density at radius 1 is 1.21 bits per heavy atom. The SMILES string of the molecule is Cc1nc(-c2ccc(S(=O)C(C)C)cc2)cnc1N. The van der Waals surface area contributed by atoms with Gasteiger partial charge in [0.2, 0.25) is 0 Å². The molecule has 4 nitrogen and oxygen atoms in total. The molecule has 1 aromatic heterocycles. The Morgan fingerprint density at radius 2 is 1.84 bits per heavy atom. The quantitative estimate of drug-likeness (QED) is 0.934. The number of aryl methyl sites for hydroxylation is 1. The summed E-state index contributed by atoms with van der Waals surface area (Å²) in [6, 6.07) is 7.57. The third-order valence-electron chi connectivity index (χ3n) is 2.80. The van der Waals surface area contributed by atoms with Crippen LogP contribution in [0.4, 0.5) is 5.82 Å². The molecule has 0 aliphatic carbocycles. The molecule has 0 aliphatic heterocycles. The molecule has 2 aromatic rings. The summed E-state index contributed by atoms with van der Waals surface area (Å²) in [5.74, 6) is 0.446. The lowest BCUT2D eigenvalue weighted by Gasteiger charge is -2.07. The Hall–Kier alpha value is -1.75. The van der Waals surface area contributed by atoms with Crippen LogP contribution in [0, 0.1) is 6.92 Å². The molecule has 0 spiro atoms. The van der Waals surface area contributed by atoms with Crippen molar-refractivity contribution >= 4 is 16.6 Å². The van der Waals surface area contributed by atoms with Gasteiger partial charge in [0, 0.05) is 15.7 Å². The third-order valence-corrected chi connectivity index (χ3v) is 4.39. The van der Waals surface area contributed by atoms with E-state index in [0.29, 0.717) is 11.5 Å². The van der Waals surface area contributed by atoms with Crippen LogP contribution < -0.4 is 5.73 Å². The van der Waals surface area contributed by atoms with Crippen LogP contribution in [-0.4, -0.2) is 19.4 Å². The van der Waals surface area contributed by atoms with Crippen molar-refractivity contribution in [3.8, 4) is 11.3 Å². The molecule has 2 N–H and O–H groups in total. The van der Waals surface area contributed by atoms with E-state index in [9.17, 15) is 4.21 Å². The first-order valence-electron chi connectivity index (χ1n) is 6.09. The van der Waals surface area contributed by atoms with Crippen LogP contribution in [0.1, 0.15) is 19.5 Å². The maximum Gasteiger partial charge on any atom is 0.144 e.